The molecule has 13 heavy (non-hydrogen) atoms. The van der Waals surface area contributed by atoms with Gasteiger partial charge >= 0.3 is 0 Å². The molecule has 0 radical (unpaired) electrons. The van der Waals surface area contributed by atoms with Crippen LogP contribution in [0.2, 0.25) is 0 Å². The van der Waals surface area contributed by atoms with Crippen molar-refractivity contribution in [2.24, 2.45) is 0 Å². The highest BCUT2D eigenvalue weighted by Crippen LogP contribution is 2.24. The summed E-state index contributed by atoms with van der Waals surface area (Å²) < 4.78 is 12.5. The van der Waals surface area contributed by atoms with E-state index in [-0.39, 0.29) is 5.82 Å². The molecule has 72 valence electrons. The summed E-state index contributed by atoms with van der Waals surface area (Å²) in [6.45, 7) is 3.00. The quantitative estimate of drug-likeness (QED) is 0.733. The van der Waals surface area contributed by atoms with E-state index in [4.69, 9.17) is 0 Å². The van der Waals surface area contributed by atoms with E-state index in [9.17, 15) is 14.6 Å². The Hall–Kier alpha value is -0.930. The van der Waals surface area contributed by atoms with Gasteiger partial charge in [0, 0.05) is 0 Å². The summed E-state index contributed by atoms with van der Waals surface area (Å²) in [5, 5.41) is 19.0. The maximum atomic E-state index is 12.5. The highest BCUT2D eigenvalue weighted by Gasteiger charge is 2.25. The fourth-order valence-electron chi connectivity index (χ4n) is 1.05. The van der Waals surface area contributed by atoms with E-state index in [1.54, 1.807) is 0 Å². The van der Waals surface area contributed by atoms with E-state index in [1.807, 2.05) is 0 Å². The van der Waals surface area contributed by atoms with Gasteiger partial charge < -0.3 is 10.2 Å². The molecule has 2 N–H and O–H groups in total. The second kappa shape index (κ2) is 3.44. The van der Waals surface area contributed by atoms with Crippen molar-refractivity contribution in [2.75, 3.05) is 0 Å². The highest BCUT2D eigenvalue weighted by molar-refractivity contribution is 5.20. The lowest BCUT2D eigenvalue weighted by atomic mass is 9.95. The Morgan fingerprint density at radius 1 is 1.23 bits per heavy atom. The standard InChI is InChI=1S/C10H13FO2/c1-10(2,13)9(12)7-3-5-8(11)6-4-7/h3-6,9,12-13H,1-2H3. The van der Waals surface area contributed by atoms with Gasteiger partial charge in [0.1, 0.15) is 11.9 Å². The summed E-state index contributed by atoms with van der Waals surface area (Å²) >= 11 is 0. The van der Waals surface area contributed by atoms with Gasteiger partial charge in [0.2, 0.25) is 0 Å². The van der Waals surface area contributed by atoms with Crippen molar-refractivity contribution >= 4 is 0 Å². The van der Waals surface area contributed by atoms with Gasteiger partial charge in [-0.15, -0.1) is 0 Å². The van der Waals surface area contributed by atoms with Crippen LogP contribution in [0, 0.1) is 5.82 Å². The summed E-state index contributed by atoms with van der Waals surface area (Å²) in [4.78, 5) is 0. The van der Waals surface area contributed by atoms with Crippen LogP contribution in [0.5, 0.6) is 0 Å². The Bertz CT molecular complexity index is 274. The van der Waals surface area contributed by atoms with Crippen molar-refractivity contribution < 1.29 is 14.6 Å². The smallest absolute Gasteiger partial charge is 0.123 e. The zero-order valence-corrected chi connectivity index (χ0v) is 7.66. The Morgan fingerprint density at radius 2 is 1.69 bits per heavy atom. The van der Waals surface area contributed by atoms with Gasteiger partial charge in [-0.25, -0.2) is 4.39 Å². The van der Waals surface area contributed by atoms with E-state index >= 15 is 0 Å². The van der Waals surface area contributed by atoms with E-state index < -0.39 is 11.7 Å². The third kappa shape index (κ3) is 2.50. The third-order valence-electron chi connectivity index (χ3n) is 1.85. The first-order valence-corrected chi connectivity index (χ1v) is 4.07. The first-order valence-electron chi connectivity index (χ1n) is 4.07. The van der Waals surface area contributed by atoms with Gasteiger partial charge in [-0.05, 0) is 31.5 Å². The molecule has 0 aliphatic heterocycles. The van der Waals surface area contributed by atoms with Crippen LogP contribution in [0.25, 0.3) is 0 Å². The predicted molar refractivity (Wildman–Crippen MR) is 47.7 cm³/mol. The maximum absolute atomic E-state index is 12.5. The first kappa shape index (κ1) is 10.2. The van der Waals surface area contributed by atoms with Crippen LogP contribution < -0.4 is 0 Å². The molecule has 0 amide bonds. The topological polar surface area (TPSA) is 40.5 Å². The average molecular weight is 184 g/mol. The molecule has 0 fully saturated rings. The van der Waals surface area contributed by atoms with Crippen molar-refractivity contribution in [3.63, 3.8) is 0 Å². The Balaban J connectivity index is 2.90. The van der Waals surface area contributed by atoms with Crippen LogP contribution in [-0.4, -0.2) is 15.8 Å². The molecule has 0 aromatic heterocycles. The first-order chi connectivity index (χ1) is 5.91. The predicted octanol–water partition coefficient (Wildman–Crippen LogP) is 1.63. The lowest BCUT2D eigenvalue weighted by Gasteiger charge is -2.24. The van der Waals surface area contributed by atoms with Gasteiger partial charge in [0.05, 0.1) is 5.60 Å². The van der Waals surface area contributed by atoms with Crippen LogP contribution in [0.4, 0.5) is 4.39 Å². The zero-order valence-electron chi connectivity index (χ0n) is 7.66. The molecule has 1 aromatic rings. The van der Waals surface area contributed by atoms with Crippen molar-refractivity contribution in [3.05, 3.63) is 35.6 Å². The molecule has 2 nitrogen and oxygen atoms in total. The van der Waals surface area contributed by atoms with Gasteiger partial charge in [-0.3, -0.25) is 0 Å². The minimum atomic E-state index is -1.21. The van der Waals surface area contributed by atoms with E-state index in [1.165, 1.54) is 38.1 Å². The molecule has 1 rings (SSSR count). The summed E-state index contributed by atoms with van der Waals surface area (Å²) in [5.41, 5.74) is -0.702. The number of rotatable bonds is 2. The molecular weight excluding hydrogens is 171 g/mol. The second-order valence-corrected chi connectivity index (χ2v) is 3.61. The molecule has 0 aliphatic rings. The van der Waals surface area contributed by atoms with Crippen LogP contribution in [0.1, 0.15) is 25.5 Å². The van der Waals surface area contributed by atoms with Crippen LogP contribution in [0.15, 0.2) is 24.3 Å². The van der Waals surface area contributed by atoms with Crippen molar-refractivity contribution in [1.82, 2.24) is 0 Å². The molecule has 1 atom stereocenters. The Kier molecular flexibility index (Phi) is 2.68. The van der Waals surface area contributed by atoms with Crippen molar-refractivity contribution in [2.45, 2.75) is 25.6 Å². The molecular formula is C10H13FO2. The molecule has 0 bridgehead atoms. The second-order valence-electron chi connectivity index (χ2n) is 3.61. The lowest BCUT2D eigenvalue weighted by Crippen LogP contribution is -2.28. The van der Waals surface area contributed by atoms with E-state index in [0.29, 0.717) is 5.56 Å². The summed E-state index contributed by atoms with van der Waals surface area (Å²) in [6, 6.07) is 5.42. The van der Waals surface area contributed by atoms with Gasteiger partial charge in [-0.2, -0.15) is 0 Å². The molecule has 1 unspecified atom stereocenters. The van der Waals surface area contributed by atoms with E-state index in [2.05, 4.69) is 0 Å². The SMILES string of the molecule is CC(C)(O)C(O)c1ccc(F)cc1. The van der Waals surface area contributed by atoms with Gasteiger partial charge in [0.15, 0.2) is 0 Å². The van der Waals surface area contributed by atoms with Gasteiger partial charge in [0.25, 0.3) is 0 Å². The third-order valence-corrected chi connectivity index (χ3v) is 1.85. The molecule has 0 aliphatic carbocycles. The number of aliphatic hydroxyl groups is 2. The van der Waals surface area contributed by atoms with E-state index in [0.717, 1.165) is 0 Å². The average Bonchev–Trinajstić information content (AvgIpc) is 2.03. The van der Waals surface area contributed by atoms with Crippen molar-refractivity contribution in [1.29, 1.82) is 0 Å². The van der Waals surface area contributed by atoms with Crippen LogP contribution in [-0.2, 0) is 0 Å². The molecule has 1 aromatic carbocycles. The number of hydrogen-bond donors (Lipinski definition) is 2. The largest absolute Gasteiger partial charge is 0.387 e. The highest BCUT2D eigenvalue weighted by atomic mass is 19.1. The molecule has 0 saturated heterocycles. The molecule has 0 spiro atoms. The maximum Gasteiger partial charge on any atom is 0.123 e. The zero-order chi connectivity index (χ0) is 10.1. The monoisotopic (exact) mass is 184 g/mol. The molecule has 0 heterocycles. The number of hydrogen-bond acceptors (Lipinski definition) is 2. The Labute approximate surface area is 76.6 Å². The van der Waals surface area contributed by atoms with Crippen LogP contribution >= 0.6 is 0 Å². The fourth-order valence-corrected chi connectivity index (χ4v) is 1.05. The molecule has 0 saturated carbocycles. The number of halogens is 1. The van der Waals surface area contributed by atoms with Crippen molar-refractivity contribution in [3.8, 4) is 0 Å². The minimum Gasteiger partial charge on any atom is -0.387 e. The lowest BCUT2D eigenvalue weighted by molar-refractivity contribution is -0.0497. The van der Waals surface area contributed by atoms with Crippen LogP contribution in [0.3, 0.4) is 0 Å². The minimum absolute atomic E-state index is 0.355. The summed E-state index contributed by atoms with van der Waals surface area (Å²) in [5.74, 6) is -0.355. The fraction of sp³-hybridized carbons (Fsp3) is 0.400. The molecule has 3 heteroatoms. The number of benzene rings is 1. The normalized spacial score (nSPS) is 14.2. The van der Waals surface area contributed by atoms with Gasteiger partial charge in [-0.1, -0.05) is 12.1 Å². The summed E-state index contributed by atoms with van der Waals surface area (Å²) in [6.07, 6.45) is -0.992. The summed E-state index contributed by atoms with van der Waals surface area (Å²) in [7, 11) is 0. The Morgan fingerprint density at radius 3 is 2.08 bits per heavy atom. The number of aliphatic hydroxyl groups excluding tert-OH is 1.